The molecule has 0 radical (unpaired) electrons. The second kappa shape index (κ2) is 14.7. The molecule has 1 N–H and O–H groups in total. The van der Waals surface area contributed by atoms with Crippen LogP contribution in [0.2, 0.25) is 0 Å². The minimum atomic E-state index is -3.57. The molecule has 0 bridgehead atoms. The van der Waals surface area contributed by atoms with Crippen molar-refractivity contribution in [1.29, 1.82) is 0 Å². The van der Waals surface area contributed by atoms with Crippen molar-refractivity contribution in [2.75, 3.05) is 17.1 Å². The highest BCUT2D eigenvalue weighted by molar-refractivity contribution is 7.92. The van der Waals surface area contributed by atoms with Crippen LogP contribution in [0, 0.1) is 20.8 Å². The number of hydrogen-bond donors (Lipinski definition) is 1. The molecule has 1 saturated carbocycles. The summed E-state index contributed by atoms with van der Waals surface area (Å²) in [4.78, 5) is 29.6. The molecular formula is C35H45N3O4S. The number of hydrogen-bond acceptors (Lipinski definition) is 4. The Morgan fingerprint density at radius 3 is 2.19 bits per heavy atom. The minimum absolute atomic E-state index is 0.116. The van der Waals surface area contributed by atoms with Gasteiger partial charge in [0.25, 0.3) is 0 Å². The lowest BCUT2D eigenvalue weighted by Crippen LogP contribution is -2.52. The maximum absolute atomic E-state index is 14.1. The van der Waals surface area contributed by atoms with Crippen molar-refractivity contribution in [3.63, 3.8) is 0 Å². The third kappa shape index (κ3) is 9.17. The Labute approximate surface area is 257 Å². The maximum Gasteiger partial charge on any atom is 0.243 e. The zero-order chi connectivity index (χ0) is 31.0. The number of sulfonamides is 1. The van der Waals surface area contributed by atoms with Gasteiger partial charge in [0, 0.05) is 32.0 Å². The van der Waals surface area contributed by atoms with E-state index in [1.54, 1.807) is 4.90 Å². The van der Waals surface area contributed by atoms with Crippen LogP contribution in [-0.2, 0) is 32.6 Å². The van der Waals surface area contributed by atoms with E-state index < -0.39 is 16.1 Å². The van der Waals surface area contributed by atoms with Gasteiger partial charge in [-0.25, -0.2) is 8.42 Å². The normalized spacial score (nSPS) is 14.3. The molecule has 3 aromatic carbocycles. The van der Waals surface area contributed by atoms with Crippen LogP contribution >= 0.6 is 0 Å². The molecule has 8 heteroatoms. The Hall–Kier alpha value is -3.65. The van der Waals surface area contributed by atoms with E-state index in [-0.39, 0.29) is 30.8 Å². The van der Waals surface area contributed by atoms with Crippen molar-refractivity contribution >= 4 is 27.5 Å². The van der Waals surface area contributed by atoms with Gasteiger partial charge < -0.3 is 10.2 Å². The van der Waals surface area contributed by atoms with Gasteiger partial charge in [0.1, 0.15) is 6.04 Å². The molecule has 1 aliphatic carbocycles. The summed E-state index contributed by atoms with van der Waals surface area (Å²) in [6.07, 6.45) is 6.13. The third-order valence-electron chi connectivity index (χ3n) is 8.23. The molecule has 0 unspecified atom stereocenters. The van der Waals surface area contributed by atoms with Crippen molar-refractivity contribution in [3.05, 3.63) is 101 Å². The SMILES string of the molecule is Cc1ccc(CN(C(=O)CCCN(c2cc(C)ccc2C)S(C)(=O)=O)[C@@H](Cc2ccccc2)C(=O)NC2CCCC2)cc1. The van der Waals surface area contributed by atoms with Gasteiger partial charge >= 0.3 is 0 Å². The molecule has 0 aromatic heterocycles. The predicted molar refractivity (Wildman–Crippen MR) is 173 cm³/mol. The molecular weight excluding hydrogens is 558 g/mol. The quantitative estimate of drug-likeness (QED) is 0.265. The molecule has 230 valence electrons. The van der Waals surface area contributed by atoms with Gasteiger partial charge in [0.2, 0.25) is 21.8 Å². The van der Waals surface area contributed by atoms with Gasteiger partial charge in [-0.3, -0.25) is 13.9 Å². The van der Waals surface area contributed by atoms with Crippen LogP contribution in [0.25, 0.3) is 0 Å². The van der Waals surface area contributed by atoms with Crippen molar-refractivity contribution in [3.8, 4) is 0 Å². The minimum Gasteiger partial charge on any atom is -0.352 e. The lowest BCUT2D eigenvalue weighted by molar-refractivity contribution is -0.141. The molecule has 43 heavy (non-hydrogen) atoms. The first-order valence-corrected chi connectivity index (χ1v) is 17.1. The van der Waals surface area contributed by atoms with Crippen LogP contribution < -0.4 is 9.62 Å². The smallest absolute Gasteiger partial charge is 0.243 e. The second-order valence-electron chi connectivity index (χ2n) is 11.9. The summed E-state index contributed by atoms with van der Waals surface area (Å²) < 4.78 is 27.0. The zero-order valence-corrected chi connectivity index (χ0v) is 26.7. The van der Waals surface area contributed by atoms with Crippen LogP contribution in [0.1, 0.15) is 66.3 Å². The number of anilines is 1. The fourth-order valence-corrected chi connectivity index (χ4v) is 6.80. The van der Waals surface area contributed by atoms with Crippen molar-refractivity contribution in [2.45, 2.75) is 84.3 Å². The van der Waals surface area contributed by atoms with E-state index >= 15 is 0 Å². The first-order valence-electron chi connectivity index (χ1n) is 15.3. The molecule has 7 nitrogen and oxygen atoms in total. The van der Waals surface area contributed by atoms with Crippen molar-refractivity contribution < 1.29 is 18.0 Å². The van der Waals surface area contributed by atoms with Crippen LogP contribution in [0.4, 0.5) is 5.69 Å². The van der Waals surface area contributed by atoms with E-state index in [2.05, 4.69) is 5.32 Å². The first-order chi connectivity index (χ1) is 20.5. The molecule has 0 spiro atoms. The summed E-state index contributed by atoms with van der Waals surface area (Å²) in [7, 11) is -3.57. The summed E-state index contributed by atoms with van der Waals surface area (Å²) in [5, 5.41) is 3.24. The molecule has 1 aliphatic rings. The lowest BCUT2D eigenvalue weighted by atomic mass is 10.0. The van der Waals surface area contributed by atoms with Gasteiger partial charge in [-0.05, 0) is 68.4 Å². The molecule has 2 amide bonds. The summed E-state index contributed by atoms with van der Waals surface area (Å²) in [6, 6.07) is 23.0. The maximum atomic E-state index is 14.1. The van der Waals surface area contributed by atoms with E-state index in [1.165, 1.54) is 10.6 Å². The average molecular weight is 604 g/mol. The van der Waals surface area contributed by atoms with Gasteiger partial charge in [-0.15, -0.1) is 0 Å². The van der Waals surface area contributed by atoms with E-state index in [4.69, 9.17) is 0 Å². The molecule has 1 atom stereocenters. The molecule has 0 heterocycles. The number of benzene rings is 3. The summed E-state index contributed by atoms with van der Waals surface area (Å²) >= 11 is 0. The number of amides is 2. The molecule has 3 aromatic rings. The van der Waals surface area contributed by atoms with Crippen molar-refractivity contribution in [1.82, 2.24) is 10.2 Å². The van der Waals surface area contributed by atoms with Crippen LogP contribution in [0.3, 0.4) is 0 Å². The van der Waals surface area contributed by atoms with Gasteiger partial charge in [0.05, 0.1) is 11.9 Å². The summed E-state index contributed by atoms with van der Waals surface area (Å²) in [6.45, 7) is 6.30. The Morgan fingerprint density at radius 2 is 1.53 bits per heavy atom. The number of nitrogens with one attached hydrogen (secondary N) is 1. The fourth-order valence-electron chi connectivity index (χ4n) is 5.78. The molecule has 1 fully saturated rings. The highest BCUT2D eigenvalue weighted by atomic mass is 32.2. The predicted octanol–water partition coefficient (Wildman–Crippen LogP) is 5.86. The molecule has 0 saturated heterocycles. The number of nitrogens with zero attached hydrogens (tertiary/aromatic N) is 2. The zero-order valence-electron chi connectivity index (χ0n) is 25.9. The van der Waals surface area contributed by atoms with Crippen molar-refractivity contribution in [2.24, 2.45) is 0 Å². The van der Waals surface area contributed by atoms with E-state index in [9.17, 15) is 18.0 Å². The Balaban J connectivity index is 1.59. The Morgan fingerprint density at radius 1 is 0.884 bits per heavy atom. The number of rotatable bonds is 13. The highest BCUT2D eigenvalue weighted by Crippen LogP contribution is 2.25. The number of carbonyl (C=O) groups excluding carboxylic acids is 2. The molecule has 0 aliphatic heterocycles. The van der Waals surface area contributed by atoms with Crippen LogP contribution in [0.5, 0.6) is 0 Å². The first kappa shape index (κ1) is 32.3. The van der Waals surface area contributed by atoms with Crippen LogP contribution in [-0.4, -0.2) is 50.0 Å². The monoisotopic (exact) mass is 603 g/mol. The van der Waals surface area contributed by atoms with E-state index in [1.807, 2.05) is 93.6 Å². The third-order valence-corrected chi connectivity index (χ3v) is 9.41. The summed E-state index contributed by atoms with van der Waals surface area (Å²) in [5.41, 5.74) is 5.49. The second-order valence-corrected chi connectivity index (χ2v) is 13.8. The van der Waals surface area contributed by atoms with E-state index in [0.29, 0.717) is 25.1 Å². The van der Waals surface area contributed by atoms with E-state index in [0.717, 1.165) is 53.5 Å². The average Bonchev–Trinajstić information content (AvgIpc) is 3.48. The Kier molecular flexibility index (Phi) is 11.0. The fraction of sp³-hybridized carbons (Fsp3) is 0.429. The standard InChI is InChI=1S/C35H45N3O4S/c1-26-17-20-30(21-18-26)25-37(33(24-29-11-6-5-7-12-29)35(40)36-31-13-8-9-14-31)34(39)15-10-22-38(43(4,41)42)32-23-27(2)16-19-28(32)3/h5-7,11-12,16-21,23,31,33H,8-10,13-15,22,24-25H2,1-4H3,(H,36,40)/t33-/m0/s1. The number of carbonyl (C=O) groups is 2. The topological polar surface area (TPSA) is 86.8 Å². The lowest BCUT2D eigenvalue weighted by Gasteiger charge is -2.33. The highest BCUT2D eigenvalue weighted by Gasteiger charge is 2.32. The van der Waals surface area contributed by atoms with Crippen LogP contribution in [0.15, 0.2) is 72.8 Å². The van der Waals surface area contributed by atoms with Gasteiger partial charge in [0.15, 0.2) is 0 Å². The number of aryl methyl sites for hydroxylation is 3. The largest absolute Gasteiger partial charge is 0.352 e. The van der Waals surface area contributed by atoms with Gasteiger partial charge in [-0.1, -0.05) is 85.1 Å². The van der Waals surface area contributed by atoms with Gasteiger partial charge in [-0.2, -0.15) is 0 Å². The summed E-state index contributed by atoms with van der Waals surface area (Å²) in [5.74, 6) is -0.304. The Bertz CT molecular complexity index is 1480. The molecule has 4 rings (SSSR count).